The van der Waals surface area contributed by atoms with E-state index in [4.69, 9.17) is 4.74 Å². The normalized spacial score (nSPS) is 13.0. The molecule has 4 heteroatoms. The van der Waals surface area contributed by atoms with Crippen molar-refractivity contribution >= 4 is 17.7 Å². The van der Waals surface area contributed by atoms with Crippen molar-refractivity contribution in [3.8, 4) is 5.75 Å². The van der Waals surface area contributed by atoms with Crippen molar-refractivity contribution in [1.82, 2.24) is 0 Å². The molecule has 0 unspecified atom stereocenters. The maximum atomic E-state index is 11.4. The molecule has 2 aromatic carbocycles. The van der Waals surface area contributed by atoms with Crippen molar-refractivity contribution in [3.63, 3.8) is 0 Å². The number of rotatable bonds is 3. The van der Waals surface area contributed by atoms with Gasteiger partial charge in [-0.05, 0) is 61.2 Å². The number of hydrogen-bond acceptors (Lipinski definition) is 3. The van der Waals surface area contributed by atoms with E-state index in [9.17, 15) is 9.90 Å². The second-order valence-corrected chi connectivity index (χ2v) is 5.98. The molecule has 0 aromatic heterocycles. The van der Waals surface area contributed by atoms with Crippen molar-refractivity contribution in [2.45, 2.75) is 29.6 Å². The molecule has 0 atom stereocenters. The molecule has 3 nitrogen and oxygen atoms in total. The Morgan fingerprint density at radius 2 is 2.10 bits per heavy atom. The molecular formula is C17H16O3S. The van der Waals surface area contributed by atoms with Gasteiger partial charge in [-0.2, -0.15) is 0 Å². The number of carboxylic acids is 1. The van der Waals surface area contributed by atoms with E-state index in [-0.39, 0.29) is 0 Å². The average Bonchev–Trinajstić information content (AvgIpc) is 2.66. The summed E-state index contributed by atoms with van der Waals surface area (Å²) in [5, 5.41) is 9.33. The zero-order valence-corrected chi connectivity index (χ0v) is 12.6. The summed E-state index contributed by atoms with van der Waals surface area (Å²) >= 11 is 1.64. The van der Waals surface area contributed by atoms with Gasteiger partial charge in [0.25, 0.3) is 0 Å². The number of aromatic carboxylic acids is 1. The van der Waals surface area contributed by atoms with Gasteiger partial charge >= 0.3 is 5.97 Å². The summed E-state index contributed by atoms with van der Waals surface area (Å²) < 4.78 is 5.55. The fourth-order valence-electron chi connectivity index (χ4n) is 2.60. The highest BCUT2D eigenvalue weighted by Crippen LogP contribution is 2.39. The summed E-state index contributed by atoms with van der Waals surface area (Å²) in [5.41, 5.74) is 2.57. The second kappa shape index (κ2) is 5.82. The molecule has 0 aliphatic carbocycles. The topological polar surface area (TPSA) is 46.5 Å². The van der Waals surface area contributed by atoms with E-state index >= 15 is 0 Å². The summed E-state index contributed by atoms with van der Waals surface area (Å²) in [6, 6.07) is 11.6. The molecule has 21 heavy (non-hydrogen) atoms. The minimum absolute atomic E-state index is 0.415. The van der Waals surface area contributed by atoms with Gasteiger partial charge in [-0.15, -0.1) is 0 Å². The van der Waals surface area contributed by atoms with Crippen LogP contribution >= 0.6 is 11.8 Å². The molecule has 2 aromatic rings. The Bertz CT molecular complexity index is 694. The monoisotopic (exact) mass is 300 g/mol. The SMILES string of the molecule is CCOc1ccc2c(c1)CCc1c(cccc1C(=O)O)S2. The number of hydrogen-bond donors (Lipinski definition) is 1. The first-order valence-corrected chi connectivity index (χ1v) is 7.79. The fraction of sp³-hybridized carbons (Fsp3) is 0.235. The van der Waals surface area contributed by atoms with Crippen molar-refractivity contribution in [2.24, 2.45) is 0 Å². The summed E-state index contributed by atoms with van der Waals surface area (Å²) in [4.78, 5) is 13.6. The van der Waals surface area contributed by atoms with E-state index in [1.165, 1.54) is 10.5 Å². The van der Waals surface area contributed by atoms with Crippen molar-refractivity contribution in [1.29, 1.82) is 0 Å². The Hall–Kier alpha value is -1.94. The van der Waals surface area contributed by atoms with Crippen LogP contribution in [0.3, 0.4) is 0 Å². The third-order valence-electron chi connectivity index (χ3n) is 3.57. The lowest BCUT2D eigenvalue weighted by Crippen LogP contribution is -2.04. The third kappa shape index (κ3) is 2.76. The molecule has 1 aliphatic heterocycles. The van der Waals surface area contributed by atoms with E-state index in [1.807, 2.05) is 25.1 Å². The number of ether oxygens (including phenoxy) is 1. The predicted molar refractivity (Wildman–Crippen MR) is 82.5 cm³/mol. The number of carbonyl (C=O) groups is 1. The molecular weight excluding hydrogens is 284 g/mol. The third-order valence-corrected chi connectivity index (χ3v) is 4.79. The number of fused-ring (bicyclic) bond motifs is 2. The molecule has 0 fully saturated rings. The smallest absolute Gasteiger partial charge is 0.336 e. The average molecular weight is 300 g/mol. The van der Waals surface area contributed by atoms with Crippen LogP contribution in [0.5, 0.6) is 5.75 Å². The number of carboxylic acid groups (broad SMARTS) is 1. The molecule has 0 saturated carbocycles. The molecule has 1 aliphatic rings. The first kappa shape index (κ1) is 14.0. The van der Waals surface area contributed by atoms with Gasteiger partial charge in [-0.1, -0.05) is 17.8 Å². The molecule has 0 spiro atoms. The summed E-state index contributed by atoms with van der Waals surface area (Å²) in [6.45, 7) is 2.62. The van der Waals surface area contributed by atoms with Crippen LogP contribution in [0.1, 0.15) is 28.4 Å². The first-order valence-electron chi connectivity index (χ1n) is 6.98. The minimum atomic E-state index is -0.853. The van der Waals surface area contributed by atoms with Crippen LogP contribution in [-0.2, 0) is 12.8 Å². The summed E-state index contributed by atoms with van der Waals surface area (Å²) in [6.07, 6.45) is 1.58. The van der Waals surface area contributed by atoms with Gasteiger partial charge in [0.05, 0.1) is 12.2 Å². The van der Waals surface area contributed by atoms with Crippen molar-refractivity contribution in [2.75, 3.05) is 6.61 Å². The maximum Gasteiger partial charge on any atom is 0.336 e. The predicted octanol–water partition coefficient (Wildman–Crippen LogP) is 4.03. The van der Waals surface area contributed by atoms with Gasteiger partial charge in [-0.3, -0.25) is 0 Å². The van der Waals surface area contributed by atoms with Crippen molar-refractivity contribution in [3.05, 3.63) is 53.1 Å². The molecule has 0 radical (unpaired) electrons. The lowest BCUT2D eigenvalue weighted by Gasteiger charge is -2.09. The highest BCUT2D eigenvalue weighted by Gasteiger charge is 2.19. The second-order valence-electron chi connectivity index (χ2n) is 4.89. The molecule has 1 N–H and O–H groups in total. The number of aryl methyl sites for hydroxylation is 1. The zero-order chi connectivity index (χ0) is 14.8. The molecule has 1 heterocycles. The van der Waals surface area contributed by atoms with Crippen LogP contribution < -0.4 is 4.74 Å². The lowest BCUT2D eigenvalue weighted by molar-refractivity contribution is 0.0695. The first-order chi connectivity index (χ1) is 10.2. The zero-order valence-electron chi connectivity index (χ0n) is 11.8. The van der Waals surface area contributed by atoms with Crippen LogP contribution in [-0.4, -0.2) is 17.7 Å². The quantitative estimate of drug-likeness (QED) is 0.929. The van der Waals surface area contributed by atoms with Crippen LogP contribution in [0.25, 0.3) is 0 Å². The lowest BCUT2D eigenvalue weighted by atomic mass is 10.00. The van der Waals surface area contributed by atoms with E-state index < -0.39 is 5.97 Å². The van der Waals surface area contributed by atoms with Crippen LogP contribution in [0, 0.1) is 0 Å². The summed E-state index contributed by atoms with van der Waals surface area (Å²) in [7, 11) is 0. The Morgan fingerprint density at radius 3 is 2.86 bits per heavy atom. The Morgan fingerprint density at radius 1 is 1.24 bits per heavy atom. The Kier molecular flexibility index (Phi) is 3.88. The largest absolute Gasteiger partial charge is 0.494 e. The molecule has 0 saturated heterocycles. The van der Waals surface area contributed by atoms with Crippen LogP contribution in [0.4, 0.5) is 0 Å². The maximum absolute atomic E-state index is 11.4. The van der Waals surface area contributed by atoms with Gasteiger partial charge in [0.2, 0.25) is 0 Å². The highest BCUT2D eigenvalue weighted by molar-refractivity contribution is 7.99. The van der Waals surface area contributed by atoms with Gasteiger partial charge in [0.1, 0.15) is 5.75 Å². The van der Waals surface area contributed by atoms with E-state index in [0.29, 0.717) is 12.2 Å². The minimum Gasteiger partial charge on any atom is -0.494 e. The number of benzene rings is 2. The van der Waals surface area contributed by atoms with Gasteiger partial charge < -0.3 is 9.84 Å². The van der Waals surface area contributed by atoms with Crippen LogP contribution in [0.2, 0.25) is 0 Å². The van der Waals surface area contributed by atoms with Crippen LogP contribution in [0.15, 0.2) is 46.2 Å². The van der Waals surface area contributed by atoms with Gasteiger partial charge in [0, 0.05) is 9.79 Å². The van der Waals surface area contributed by atoms with Gasteiger partial charge in [-0.25, -0.2) is 4.79 Å². The summed E-state index contributed by atoms with van der Waals surface area (Å²) in [5.74, 6) is 0.0228. The standard InChI is InChI=1S/C17H16O3S/c1-2-20-12-7-9-15-11(10-12)6-8-13-14(17(18)19)4-3-5-16(13)21-15/h3-5,7,9-10H,2,6,8H2,1H3,(H,18,19). The highest BCUT2D eigenvalue weighted by atomic mass is 32.2. The molecule has 0 amide bonds. The Balaban J connectivity index is 2.00. The molecule has 3 rings (SSSR count). The van der Waals surface area contributed by atoms with E-state index in [2.05, 4.69) is 12.1 Å². The molecule has 0 bridgehead atoms. The van der Waals surface area contributed by atoms with Crippen molar-refractivity contribution < 1.29 is 14.6 Å². The van der Waals surface area contributed by atoms with Gasteiger partial charge in [0.15, 0.2) is 0 Å². The Labute approximate surface area is 127 Å². The van der Waals surface area contributed by atoms with E-state index in [0.717, 1.165) is 29.1 Å². The molecule has 108 valence electrons. The fourth-order valence-corrected chi connectivity index (χ4v) is 3.75. The van der Waals surface area contributed by atoms with E-state index in [1.54, 1.807) is 17.8 Å².